The van der Waals surface area contributed by atoms with Gasteiger partial charge in [-0.15, -0.1) is 0 Å². The van der Waals surface area contributed by atoms with Gasteiger partial charge in [-0.1, -0.05) is 0 Å². The van der Waals surface area contributed by atoms with Gasteiger partial charge >= 0.3 is 6.18 Å². The van der Waals surface area contributed by atoms with Crippen molar-refractivity contribution in [2.45, 2.75) is 26.1 Å². The Kier molecular flexibility index (Phi) is 3.12. The molecule has 5 heteroatoms. The van der Waals surface area contributed by atoms with Gasteiger partial charge in [-0.05, 0) is 26.0 Å². The lowest BCUT2D eigenvalue weighted by Gasteiger charge is -2.13. The van der Waals surface area contributed by atoms with Crippen molar-refractivity contribution in [3.05, 3.63) is 23.8 Å². The minimum absolute atomic E-state index is 0.0962. The highest BCUT2D eigenvalue weighted by molar-refractivity contribution is 5.52. The molecule has 0 saturated heterocycles. The highest BCUT2D eigenvalue weighted by atomic mass is 19.4. The van der Waals surface area contributed by atoms with Gasteiger partial charge in [0.2, 0.25) is 0 Å². The Hall–Kier alpha value is -1.39. The molecule has 0 aromatic heterocycles. The number of halogens is 3. The summed E-state index contributed by atoms with van der Waals surface area (Å²) in [5.41, 5.74) is 4.13. The molecule has 0 aliphatic rings. The van der Waals surface area contributed by atoms with E-state index in [0.29, 0.717) is 5.75 Å². The van der Waals surface area contributed by atoms with Crippen molar-refractivity contribution in [3.63, 3.8) is 0 Å². The van der Waals surface area contributed by atoms with Crippen molar-refractivity contribution in [1.82, 2.24) is 0 Å². The molecule has 2 N–H and O–H groups in total. The molecule has 0 spiro atoms. The zero-order valence-corrected chi connectivity index (χ0v) is 8.43. The molecule has 0 radical (unpaired) electrons. The quantitative estimate of drug-likeness (QED) is 0.776. The first-order valence-electron chi connectivity index (χ1n) is 4.44. The van der Waals surface area contributed by atoms with Crippen LogP contribution < -0.4 is 10.5 Å². The standard InChI is InChI=1S/C10H12F3NO/c1-6(2)15-7-3-4-8(9(14)5-7)10(11,12)13/h3-6H,14H2,1-2H3. The molecule has 15 heavy (non-hydrogen) atoms. The summed E-state index contributed by atoms with van der Waals surface area (Å²) in [6.07, 6.45) is -4.51. The van der Waals surface area contributed by atoms with Crippen molar-refractivity contribution in [3.8, 4) is 5.75 Å². The fourth-order valence-electron chi connectivity index (χ4n) is 1.14. The van der Waals surface area contributed by atoms with E-state index in [1.807, 2.05) is 0 Å². The van der Waals surface area contributed by atoms with Crippen LogP contribution >= 0.6 is 0 Å². The van der Waals surface area contributed by atoms with Crippen LogP contribution in [-0.2, 0) is 6.18 Å². The molecule has 0 saturated carbocycles. The molecule has 0 fully saturated rings. The second-order valence-electron chi connectivity index (χ2n) is 3.41. The third kappa shape index (κ3) is 3.04. The molecular weight excluding hydrogens is 207 g/mol. The number of alkyl halides is 3. The van der Waals surface area contributed by atoms with E-state index in [0.717, 1.165) is 6.07 Å². The topological polar surface area (TPSA) is 35.2 Å². The van der Waals surface area contributed by atoms with Crippen LogP contribution in [0.5, 0.6) is 5.75 Å². The molecule has 2 nitrogen and oxygen atoms in total. The molecule has 0 atom stereocenters. The van der Waals surface area contributed by atoms with Gasteiger partial charge in [0.15, 0.2) is 0 Å². The van der Waals surface area contributed by atoms with Crippen LogP contribution in [0.15, 0.2) is 18.2 Å². The van der Waals surface area contributed by atoms with Gasteiger partial charge in [0, 0.05) is 11.8 Å². The van der Waals surface area contributed by atoms with E-state index < -0.39 is 11.7 Å². The number of benzene rings is 1. The molecule has 1 aromatic carbocycles. The summed E-state index contributed by atoms with van der Waals surface area (Å²) in [5, 5.41) is 0. The van der Waals surface area contributed by atoms with Crippen LogP contribution in [-0.4, -0.2) is 6.10 Å². The Morgan fingerprint density at radius 3 is 2.27 bits per heavy atom. The maximum Gasteiger partial charge on any atom is 0.418 e. The number of nitrogen functional groups attached to an aromatic ring is 1. The monoisotopic (exact) mass is 219 g/mol. The molecule has 1 rings (SSSR count). The molecule has 0 aliphatic carbocycles. The highest BCUT2D eigenvalue weighted by Crippen LogP contribution is 2.35. The predicted molar refractivity (Wildman–Crippen MR) is 51.6 cm³/mol. The Morgan fingerprint density at radius 1 is 1.27 bits per heavy atom. The molecular formula is C10H12F3NO. The van der Waals surface area contributed by atoms with Crippen LogP contribution in [0.4, 0.5) is 18.9 Å². The lowest BCUT2D eigenvalue weighted by molar-refractivity contribution is -0.136. The minimum atomic E-state index is -4.42. The Balaban J connectivity index is 2.99. The van der Waals surface area contributed by atoms with Gasteiger partial charge in [-0.3, -0.25) is 0 Å². The third-order valence-electron chi connectivity index (χ3n) is 1.70. The van der Waals surface area contributed by atoms with E-state index in [9.17, 15) is 13.2 Å². The number of rotatable bonds is 2. The first-order chi connectivity index (χ1) is 6.80. The molecule has 0 bridgehead atoms. The van der Waals surface area contributed by atoms with Crippen LogP contribution in [0.3, 0.4) is 0 Å². The first kappa shape index (κ1) is 11.7. The summed E-state index contributed by atoms with van der Waals surface area (Å²) in [4.78, 5) is 0. The smallest absolute Gasteiger partial charge is 0.418 e. The van der Waals surface area contributed by atoms with Gasteiger partial charge in [0.25, 0.3) is 0 Å². The van der Waals surface area contributed by atoms with Crippen LogP contribution in [0.25, 0.3) is 0 Å². The van der Waals surface area contributed by atoms with Gasteiger partial charge in [-0.2, -0.15) is 13.2 Å². The second-order valence-corrected chi connectivity index (χ2v) is 3.41. The van der Waals surface area contributed by atoms with E-state index >= 15 is 0 Å². The Bertz CT molecular complexity index is 347. The summed E-state index contributed by atoms with van der Waals surface area (Å²) in [7, 11) is 0. The molecule has 84 valence electrons. The lowest BCUT2D eigenvalue weighted by atomic mass is 10.1. The van der Waals surface area contributed by atoms with E-state index in [1.165, 1.54) is 12.1 Å². The van der Waals surface area contributed by atoms with Crippen molar-refractivity contribution in [2.24, 2.45) is 0 Å². The van der Waals surface area contributed by atoms with Crippen LogP contribution in [0.1, 0.15) is 19.4 Å². The Labute approximate surface area is 85.8 Å². The van der Waals surface area contributed by atoms with E-state index in [1.54, 1.807) is 13.8 Å². The zero-order valence-electron chi connectivity index (χ0n) is 8.43. The van der Waals surface area contributed by atoms with Crippen molar-refractivity contribution in [1.29, 1.82) is 0 Å². The number of anilines is 1. The van der Waals surface area contributed by atoms with Gasteiger partial charge in [0.05, 0.1) is 11.7 Å². The molecule has 1 aromatic rings. The molecule has 0 amide bonds. The number of nitrogens with two attached hydrogens (primary N) is 1. The maximum absolute atomic E-state index is 12.3. The lowest BCUT2D eigenvalue weighted by Crippen LogP contribution is -2.10. The van der Waals surface area contributed by atoms with Crippen molar-refractivity contribution in [2.75, 3.05) is 5.73 Å². The zero-order chi connectivity index (χ0) is 11.6. The van der Waals surface area contributed by atoms with Crippen molar-refractivity contribution < 1.29 is 17.9 Å². The fraction of sp³-hybridized carbons (Fsp3) is 0.400. The molecule has 0 unspecified atom stereocenters. The number of hydrogen-bond donors (Lipinski definition) is 1. The van der Waals surface area contributed by atoms with E-state index in [-0.39, 0.29) is 11.8 Å². The average Bonchev–Trinajstić information content (AvgIpc) is 1.99. The fourth-order valence-corrected chi connectivity index (χ4v) is 1.14. The maximum atomic E-state index is 12.3. The summed E-state index contributed by atoms with van der Waals surface area (Å²) in [5.74, 6) is 0.343. The SMILES string of the molecule is CC(C)Oc1ccc(C(F)(F)F)c(N)c1. The van der Waals surface area contributed by atoms with E-state index in [4.69, 9.17) is 10.5 Å². The van der Waals surface area contributed by atoms with Crippen LogP contribution in [0, 0.1) is 0 Å². The van der Waals surface area contributed by atoms with Gasteiger partial charge in [0.1, 0.15) is 5.75 Å². The summed E-state index contributed by atoms with van der Waals surface area (Å²) < 4.78 is 42.2. The second kappa shape index (κ2) is 4.00. The minimum Gasteiger partial charge on any atom is -0.491 e. The Morgan fingerprint density at radius 2 is 1.87 bits per heavy atom. The summed E-state index contributed by atoms with van der Waals surface area (Å²) in [6, 6.07) is 3.37. The van der Waals surface area contributed by atoms with Crippen LogP contribution in [0.2, 0.25) is 0 Å². The predicted octanol–water partition coefficient (Wildman–Crippen LogP) is 3.07. The first-order valence-corrected chi connectivity index (χ1v) is 4.44. The highest BCUT2D eigenvalue weighted by Gasteiger charge is 2.32. The molecule has 0 aliphatic heterocycles. The molecule has 0 heterocycles. The normalized spacial score (nSPS) is 11.9. The largest absolute Gasteiger partial charge is 0.491 e. The van der Waals surface area contributed by atoms with E-state index in [2.05, 4.69) is 0 Å². The number of hydrogen-bond acceptors (Lipinski definition) is 2. The third-order valence-corrected chi connectivity index (χ3v) is 1.70. The summed E-state index contributed by atoms with van der Waals surface area (Å²) >= 11 is 0. The average molecular weight is 219 g/mol. The number of ether oxygens (including phenoxy) is 1. The van der Waals surface area contributed by atoms with Gasteiger partial charge in [-0.25, -0.2) is 0 Å². The van der Waals surface area contributed by atoms with Gasteiger partial charge < -0.3 is 10.5 Å². The van der Waals surface area contributed by atoms with Crippen molar-refractivity contribution >= 4 is 5.69 Å². The summed E-state index contributed by atoms with van der Waals surface area (Å²) in [6.45, 7) is 3.57.